The minimum Gasteiger partial charge on any atom is -0.378 e. The van der Waals surface area contributed by atoms with E-state index in [1.54, 1.807) is 12.1 Å². The van der Waals surface area contributed by atoms with Crippen LogP contribution in [0.2, 0.25) is 0 Å². The molecule has 1 fully saturated rings. The van der Waals surface area contributed by atoms with Crippen LogP contribution < -0.4 is 16.0 Å². The zero-order chi connectivity index (χ0) is 24.2. The topological polar surface area (TPSA) is 120 Å². The van der Waals surface area contributed by atoms with E-state index in [4.69, 9.17) is 10.5 Å². The molecule has 1 aliphatic heterocycles. The zero-order valence-electron chi connectivity index (χ0n) is 19.1. The predicted molar refractivity (Wildman–Crippen MR) is 133 cm³/mol. The maximum Gasteiger partial charge on any atom is 0.232 e. The second kappa shape index (κ2) is 10.2. The number of hydrogen-bond acceptors (Lipinski definition) is 10. The molecule has 5 rings (SSSR count). The number of rotatable bonds is 7. The summed E-state index contributed by atoms with van der Waals surface area (Å²) in [5.41, 5.74) is 8.71. The highest BCUT2D eigenvalue weighted by molar-refractivity contribution is 7.98. The van der Waals surface area contributed by atoms with Gasteiger partial charge in [-0.1, -0.05) is 29.5 Å². The van der Waals surface area contributed by atoms with Gasteiger partial charge in [-0.2, -0.15) is 15.0 Å². The van der Waals surface area contributed by atoms with Gasteiger partial charge in [0.2, 0.25) is 17.8 Å². The summed E-state index contributed by atoms with van der Waals surface area (Å²) in [6.07, 6.45) is 0. The summed E-state index contributed by atoms with van der Waals surface area (Å²) in [5.74, 6) is 1.71. The van der Waals surface area contributed by atoms with Crippen molar-refractivity contribution in [2.45, 2.75) is 17.8 Å². The molecule has 12 heteroatoms. The molecule has 1 aliphatic rings. The molecule has 0 amide bonds. The number of morpholine rings is 1. The summed E-state index contributed by atoms with van der Waals surface area (Å²) in [7, 11) is 0. The highest BCUT2D eigenvalue weighted by atomic mass is 32.2. The molecule has 0 atom stereocenters. The SMILES string of the molecule is Cc1ccc(-n2c(SCc3nc(N)nc(Nc4ccc(F)cc4)n3)nnc2N2CCOCC2)cc1. The predicted octanol–water partition coefficient (Wildman–Crippen LogP) is 3.35. The van der Waals surface area contributed by atoms with Crippen LogP contribution in [0, 0.1) is 12.7 Å². The molecule has 3 heterocycles. The molecule has 1 saturated heterocycles. The summed E-state index contributed by atoms with van der Waals surface area (Å²) < 4.78 is 20.7. The van der Waals surface area contributed by atoms with E-state index < -0.39 is 0 Å². The van der Waals surface area contributed by atoms with Crippen LogP contribution in [0.5, 0.6) is 0 Å². The summed E-state index contributed by atoms with van der Waals surface area (Å²) in [4.78, 5) is 15.0. The van der Waals surface area contributed by atoms with Crippen molar-refractivity contribution in [3.05, 3.63) is 65.7 Å². The van der Waals surface area contributed by atoms with Gasteiger partial charge < -0.3 is 20.7 Å². The van der Waals surface area contributed by atoms with Crippen molar-refractivity contribution < 1.29 is 9.13 Å². The third kappa shape index (κ3) is 5.49. The number of nitrogen functional groups attached to an aromatic ring is 1. The number of benzene rings is 2. The average molecular weight is 494 g/mol. The van der Waals surface area contributed by atoms with Crippen LogP contribution in [0.25, 0.3) is 5.69 Å². The van der Waals surface area contributed by atoms with Gasteiger partial charge in [0.15, 0.2) is 5.16 Å². The van der Waals surface area contributed by atoms with Gasteiger partial charge in [0.05, 0.1) is 24.7 Å². The molecule has 0 bridgehead atoms. The lowest BCUT2D eigenvalue weighted by atomic mass is 10.2. The molecule has 0 aliphatic carbocycles. The molecule has 10 nitrogen and oxygen atoms in total. The van der Waals surface area contributed by atoms with E-state index in [9.17, 15) is 4.39 Å². The van der Waals surface area contributed by atoms with Crippen molar-refractivity contribution in [1.82, 2.24) is 29.7 Å². The minimum atomic E-state index is -0.322. The number of aryl methyl sites for hydroxylation is 1. The van der Waals surface area contributed by atoms with Crippen LogP contribution in [0.1, 0.15) is 11.4 Å². The van der Waals surface area contributed by atoms with Gasteiger partial charge in [0, 0.05) is 18.8 Å². The summed E-state index contributed by atoms with van der Waals surface area (Å²) in [6, 6.07) is 14.1. The van der Waals surface area contributed by atoms with Gasteiger partial charge in [-0.15, -0.1) is 10.2 Å². The van der Waals surface area contributed by atoms with E-state index in [0.717, 1.165) is 24.7 Å². The first-order valence-electron chi connectivity index (χ1n) is 11.1. The first kappa shape index (κ1) is 23.0. The third-order valence-electron chi connectivity index (χ3n) is 5.33. The fraction of sp³-hybridized carbons (Fsp3) is 0.261. The molecular formula is C23H24FN9OS. The number of nitrogens with one attached hydrogen (secondary N) is 1. The number of hydrogen-bond donors (Lipinski definition) is 2. The molecule has 0 spiro atoms. The molecule has 0 unspecified atom stereocenters. The largest absolute Gasteiger partial charge is 0.378 e. The zero-order valence-corrected chi connectivity index (χ0v) is 19.9. The Labute approximate surface area is 205 Å². The van der Waals surface area contributed by atoms with Crippen molar-refractivity contribution in [2.24, 2.45) is 0 Å². The Morgan fingerprint density at radius 1 is 1.00 bits per heavy atom. The number of anilines is 4. The first-order valence-corrected chi connectivity index (χ1v) is 12.0. The van der Waals surface area contributed by atoms with Crippen molar-refractivity contribution in [1.29, 1.82) is 0 Å². The van der Waals surface area contributed by atoms with Gasteiger partial charge in [-0.3, -0.25) is 4.57 Å². The van der Waals surface area contributed by atoms with E-state index in [1.165, 1.54) is 29.5 Å². The fourth-order valence-corrected chi connectivity index (χ4v) is 4.40. The lowest BCUT2D eigenvalue weighted by Crippen LogP contribution is -2.37. The number of aromatic nitrogens is 6. The lowest BCUT2D eigenvalue weighted by molar-refractivity contribution is 0.122. The Kier molecular flexibility index (Phi) is 6.73. The number of ether oxygens (including phenoxy) is 1. The normalized spacial score (nSPS) is 13.7. The van der Waals surface area contributed by atoms with Gasteiger partial charge in [-0.25, -0.2) is 4.39 Å². The van der Waals surface area contributed by atoms with Crippen LogP contribution in [0.15, 0.2) is 53.7 Å². The number of thioether (sulfide) groups is 1. The third-order valence-corrected chi connectivity index (χ3v) is 6.26. The summed E-state index contributed by atoms with van der Waals surface area (Å²) in [5, 5.41) is 12.7. The Bertz CT molecular complexity index is 1290. The number of halogens is 1. The molecule has 35 heavy (non-hydrogen) atoms. The van der Waals surface area contributed by atoms with Gasteiger partial charge >= 0.3 is 0 Å². The van der Waals surface area contributed by atoms with E-state index in [1.807, 2.05) is 4.57 Å². The van der Waals surface area contributed by atoms with Crippen molar-refractivity contribution in [3.8, 4) is 5.69 Å². The smallest absolute Gasteiger partial charge is 0.232 e. The number of nitrogens with zero attached hydrogens (tertiary/aromatic N) is 7. The Morgan fingerprint density at radius 2 is 1.74 bits per heavy atom. The van der Waals surface area contributed by atoms with Gasteiger partial charge in [0.1, 0.15) is 11.6 Å². The van der Waals surface area contributed by atoms with E-state index in [2.05, 4.69) is 66.6 Å². The second-order valence-corrected chi connectivity index (χ2v) is 8.85. The highest BCUT2D eigenvalue weighted by Crippen LogP contribution is 2.29. The van der Waals surface area contributed by atoms with Crippen LogP contribution in [0.3, 0.4) is 0 Å². The summed E-state index contributed by atoms with van der Waals surface area (Å²) in [6.45, 7) is 4.85. The van der Waals surface area contributed by atoms with Gasteiger partial charge in [0.25, 0.3) is 0 Å². The summed E-state index contributed by atoms with van der Waals surface area (Å²) >= 11 is 1.46. The Hall–Kier alpha value is -3.77. The maximum absolute atomic E-state index is 13.2. The van der Waals surface area contributed by atoms with Crippen LogP contribution >= 0.6 is 11.8 Å². The molecule has 2 aromatic carbocycles. The minimum absolute atomic E-state index is 0.0919. The fourth-order valence-electron chi connectivity index (χ4n) is 3.59. The lowest BCUT2D eigenvalue weighted by Gasteiger charge is -2.27. The standard InChI is InChI=1S/C23H24FN9OS/c1-15-2-8-18(9-3-15)33-22(32-10-12-34-13-11-32)30-31-23(33)35-14-19-27-20(25)29-21(28-19)26-17-6-4-16(24)5-7-17/h2-9H,10-14H2,1H3,(H3,25,26,27,28,29). The Balaban J connectivity index is 1.39. The van der Waals surface area contributed by atoms with Crippen LogP contribution in [-0.4, -0.2) is 56.0 Å². The molecular weight excluding hydrogens is 469 g/mol. The van der Waals surface area contributed by atoms with Gasteiger partial charge in [-0.05, 0) is 43.3 Å². The molecule has 2 aromatic heterocycles. The number of nitrogens with two attached hydrogens (primary N) is 1. The van der Waals surface area contributed by atoms with Crippen molar-refractivity contribution >= 4 is 35.3 Å². The average Bonchev–Trinajstić information content (AvgIpc) is 3.29. The van der Waals surface area contributed by atoms with Crippen molar-refractivity contribution in [2.75, 3.05) is 42.3 Å². The first-order chi connectivity index (χ1) is 17.0. The van der Waals surface area contributed by atoms with E-state index in [0.29, 0.717) is 35.6 Å². The molecule has 180 valence electrons. The van der Waals surface area contributed by atoms with E-state index in [-0.39, 0.29) is 17.7 Å². The van der Waals surface area contributed by atoms with Crippen LogP contribution in [0.4, 0.5) is 27.9 Å². The Morgan fingerprint density at radius 3 is 2.49 bits per heavy atom. The highest BCUT2D eigenvalue weighted by Gasteiger charge is 2.22. The maximum atomic E-state index is 13.2. The van der Waals surface area contributed by atoms with Crippen molar-refractivity contribution in [3.63, 3.8) is 0 Å². The molecule has 3 N–H and O–H groups in total. The van der Waals surface area contributed by atoms with Crippen LogP contribution in [-0.2, 0) is 10.5 Å². The monoisotopic (exact) mass is 493 g/mol. The molecule has 0 radical (unpaired) electrons. The molecule has 4 aromatic rings. The quantitative estimate of drug-likeness (QED) is 0.371. The van der Waals surface area contributed by atoms with E-state index >= 15 is 0 Å². The molecule has 0 saturated carbocycles. The second-order valence-electron chi connectivity index (χ2n) is 7.91.